The number of amides is 1. The van der Waals surface area contributed by atoms with Crippen LogP contribution in [0.2, 0.25) is 0 Å². The maximum absolute atomic E-state index is 12.6. The Morgan fingerprint density at radius 2 is 1.73 bits per heavy atom. The number of carbonyl (C=O) groups excluding carboxylic acids is 1. The molecule has 2 heterocycles. The molecule has 0 saturated carbocycles. The first kappa shape index (κ1) is 19.1. The number of nitrogens with zero attached hydrogens (tertiary/aromatic N) is 2. The maximum Gasteiger partial charge on any atom is 0.251 e. The number of benzene rings is 1. The number of rotatable bonds is 5. The minimum absolute atomic E-state index is 0.0288. The molecule has 1 fully saturated rings. The second-order valence-corrected chi connectivity index (χ2v) is 9.18. The van der Waals surface area contributed by atoms with E-state index in [0.717, 1.165) is 21.0 Å². The Bertz CT molecular complexity index is 964. The van der Waals surface area contributed by atoms with Crippen molar-refractivity contribution < 1.29 is 13.2 Å². The fourth-order valence-corrected chi connectivity index (χ4v) is 4.65. The summed E-state index contributed by atoms with van der Waals surface area (Å²) in [6.07, 6.45) is 2.90. The van der Waals surface area contributed by atoms with Crippen molar-refractivity contribution in [1.29, 1.82) is 0 Å². The predicted octanol–water partition coefficient (Wildman–Crippen LogP) is 1.88. The third-order valence-corrected chi connectivity index (χ3v) is 6.70. The monoisotopic (exact) mass is 487 g/mol. The Morgan fingerprint density at radius 1 is 1.08 bits per heavy atom. The van der Waals surface area contributed by atoms with E-state index >= 15 is 0 Å². The Morgan fingerprint density at radius 3 is 2.38 bits per heavy atom. The van der Waals surface area contributed by atoms with Crippen molar-refractivity contribution in [3.8, 4) is 0 Å². The molecule has 1 saturated heterocycles. The first-order valence-electron chi connectivity index (χ1n) is 8.12. The topological polar surface area (TPSA) is 88.5 Å². The lowest BCUT2D eigenvalue weighted by atomic mass is 10.3. The Kier molecular flexibility index (Phi) is 5.78. The number of anilines is 1. The molecule has 138 valence electrons. The van der Waals surface area contributed by atoms with E-state index in [1.165, 1.54) is 22.6 Å². The highest BCUT2D eigenvalue weighted by Gasteiger charge is 2.27. The maximum atomic E-state index is 12.6. The quantitative estimate of drug-likeness (QED) is 0.653. The molecule has 0 aliphatic carbocycles. The zero-order valence-electron chi connectivity index (χ0n) is 13.9. The first-order valence-corrected chi connectivity index (χ1v) is 10.6. The summed E-state index contributed by atoms with van der Waals surface area (Å²) >= 11 is 2.16. The summed E-state index contributed by atoms with van der Waals surface area (Å²) in [7, 11) is -3.64. The minimum Gasteiger partial charge on any atom is -0.325 e. The van der Waals surface area contributed by atoms with Crippen LogP contribution in [-0.4, -0.2) is 36.3 Å². The first-order chi connectivity index (χ1) is 12.4. The van der Waals surface area contributed by atoms with Gasteiger partial charge in [0.2, 0.25) is 15.9 Å². The van der Waals surface area contributed by atoms with Gasteiger partial charge in [0.1, 0.15) is 6.54 Å². The van der Waals surface area contributed by atoms with E-state index in [1.807, 2.05) is 12.1 Å². The summed E-state index contributed by atoms with van der Waals surface area (Å²) in [4.78, 5) is 24.3. The smallest absolute Gasteiger partial charge is 0.251 e. The minimum atomic E-state index is -3.64. The fraction of sp³-hybridized carbons (Fsp3) is 0.294. The van der Waals surface area contributed by atoms with Crippen molar-refractivity contribution in [2.24, 2.45) is 0 Å². The molecule has 26 heavy (non-hydrogen) atoms. The normalized spacial score (nSPS) is 15.1. The van der Waals surface area contributed by atoms with Crippen LogP contribution >= 0.6 is 22.6 Å². The van der Waals surface area contributed by atoms with Gasteiger partial charge in [-0.05, 0) is 65.8 Å². The van der Waals surface area contributed by atoms with Crippen molar-refractivity contribution in [3.63, 3.8) is 0 Å². The third kappa shape index (κ3) is 4.33. The zero-order chi connectivity index (χ0) is 18.7. The number of hydrogen-bond donors (Lipinski definition) is 1. The molecule has 1 N–H and O–H groups in total. The summed E-state index contributed by atoms with van der Waals surface area (Å²) in [6, 6.07) is 9.70. The Balaban J connectivity index is 1.78. The van der Waals surface area contributed by atoms with Crippen LogP contribution < -0.4 is 10.9 Å². The van der Waals surface area contributed by atoms with Crippen molar-refractivity contribution in [2.45, 2.75) is 24.3 Å². The Labute approximate surface area is 165 Å². The molecule has 0 atom stereocenters. The average molecular weight is 487 g/mol. The molecular formula is C17H18IN3O4S. The van der Waals surface area contributed by atoms with Gasteiger partial charge in [0, 0.05) is 34.6 Å². The summed E-state index contributed by atoms with van der Waals surface area (Å²) in [5.74, 6) is -0.399. The molecule has 2 aromatic rings. The number of nitrogens with one attached hydrogen (secondary N) is 1. The second-order valence-electron chi connectivity index (χ2n) is 6.00. The number of aromatic nitrogens is 1. The molecule has 0 unspecified atom stereocenters. The number of carbonyl (C=O) groups is 1. The SMILES string of the molecule is O=C(Cn1cc(S(=O)(=O)N2CCCC2)ccc1=O)Nc1ccc(I)cc1. The van der Waals surface area contributed by atoms with E-state index in [9.17, 15) is 18.0 Å². The van der Waals surface area contributed by atoms with E-state index < -0.39 is 21.5 Å². The number of sulfonamides is 1. The molecule has 0 bridgehead atoms. The lowest BCUT2D eigenvalue weighted by Gasteiger charge is -2.16. The van der Waals surface area contributed by atoms with Gasteiger partial charge < -0.3 is 9.88 Å². The molecule has 1 amide bonds. The van der Waals surface area contributed by atoms with Crippen LogP contribution in [0, 0.1) is 3.57 Å². The largest absolute Gasteiger partial charge is 0.325 e. The molecule has 9 heteroatoms. The highest BCUT2D eigenvalue weighted by molar-refractivity contribution is 14.1. The van der Waals surface area contributed by atoms with E-state index in [1.54, 1.807) is 12.1 Å². The van der Waals surface area contributed by atoms with Crippen LogP contribution in [0.3, 0.4) is 0 Å². The van der Waals surface area contributed by atoms with Gasteiger partial charge in [-0.2, -0.15) is 4.31 Å². The lowest BCUT2D eigenvalue weighted by molar-refractivity contribution is -0.116. The van der Waals surface area contributed by atoms with E-state index in [-0.39, 0.29) is 11.4 Å². The predicted molar refractivity (Wildman–Crippen MR) is 106 cm³/mol. The number of halogens is 1. The van der Waals surface area contributed by atoms with E-state index in [2.05, 4.69) is 27.9 Å². The van der Waals surface area contributed by atoms with Crippen LogP contribution in [0.25, 0.3) is 0 Å². The van der Waals surface area contributed by atoms with Gasteiger partial charge in [-0.25, -0.2) is 8.42 Å². The van der Waals surface area contributed by atoms with Gasteiger partial charge >= 0.3 is 0 Å². The molecular weight excluding hydrogens is 469 g/mol. The highest BCUT2D eigenvalue weighted by atomic mass is 127. The lowest BCUT2D eigenvalue weighted by Crippen LogP contribution is -2.31. The van der Waals surface area contributed by atoms with Gasteiger partial charge in [0.25, 0.3) is 5.56 Å². The molecule has 0 radical (unpaired) electrons. The molecule has 3 rings (SSSR count). The molecule has 1 aliphatic rings. The highest BCUT2D eigenvalue weighted by Crippen LogP contribution is 2.19. The molecule has 1 aliphatic heterocycles. The van der Waals surface area contributed by atoms with Crippen molar-refractivity contribution in [3.05, 3.63) is 56.5 Å². The zero-order valence-corrected chi connectivity index (χ0v) is 16.9. The van der Waals surface area contributed by atoms with Crippen LogP contribution in [0.5, 0.6) is 0 Å². The summed E-state index contributed by atoms with van der Waals surface area (Å²) < 4.78 is 28.8. The van der Waals surface area contributed by atoms with Crippen molar-refractivity contribution >= 4 is 44.2 Å². The summed E-state index contributed by atoms with van der Waals surface area (Å²) in [5.41, 5.74) is 0.187. The van der Waals surface area contributed by atoms with Gasteiger partial charge in [0.15, 0.2) is 0 Å². The van der Waals surface area contributed by atoms with Crippen molar-refractivity contribution in [1.82, 2.24) is 8.87 Å². The van der Waals surface area contributed by atoms with E-state index in [4.69, 9.17) is 0 Å². The second kappa shape index (κ2) is 7.89. The fourth-order valence-electron chi connectivity index (χ4n) is 2.75. The standard InChI is InChI=1S/C17H18IN3O4S/c18-13-3-5-14(6-4-13)19-16(22)12-20-11-15(7-8-17(20)23)26(24,25)21-9-1-2-10-21/h3-8,11H,1-2,9-10,12H2,(H,19,22). The Hall–Kier alpha value is -1.72. The molecule has 7 nitrogen and oxygen atoms in total. The summed E-state index contributed by atoms with van der Waals surface area (Å²) in [5, 5.41) is 2.70. The number of hydrogen-bond acceptors (Lipinski definition) is 4. The van der Waals surface area contributed by atoms with E-state index in [0.29, 0.717) is 18.8 Å². The van der Waals surface area contributed by atoms with Gasteiger partial charge in [-0.1, -0.05) is 0 Å². The molecule has 0 spiro atoms. The van der Waals surface area contributed by atoms with Crippen LogP contribution in [0.15, 0.2) is 52.3 Å². The van der Waals surface area contributed by atoms with Gasteiger partial charge in [-0.15, -0.1) is 0 Å². The summed E-state index contributed by atoms with van der Waals surface area (Å²) in [6.45, 7) is 0.706. The third-order valence-electron chi connectivity index (χ3n) is 4.10. The van der Waals surface area contributed by atoms with Gasteiger partial charge in [0.05, 0.1) is 4.90 Å². The van der Waals surface area contributed by atoms with Gasteiger partial charge in [-0.3, -0.25) is 9.59 Å². The van der Waals surface area contributed by atoms with Crippen LogP contribution in [0.1, 0.15) is 12.8 Å². The van der Waals surface area contributed by atoms with Crippen molar-refractivity contribution in [2.75, 3.05) is 18.4 Å². The van der Waals surface area contributed by atoms with Crippen LogP contribution in [0.4, 0.5) is 5.69 Å². The molecule has 1 aromatic heterocycles. The molecule has 1 aromatic carbocycles. The number of pyridine rings is 1. The van der Waals surface area contributed by atoms with Crippen LogP contribution in [-0.2, 0) is 21.4 Å². The average Bonchev–Trinajstić information content (AvgIpc) is 3.14.